The van der Waals surface area contributed by atoms with Crippen molar-refractivity contribution in [1.29, 1.82) is 0 Å². The summed E-state index contributed by atoms with van der Waals surface area (Å²) in [7, 11) is 0. The Hall–Kier alpha value is -2.09. The second-order valence-electron chi connectivity index (χ2n) is 6.05. The van der Waals surface area contributed by atoms with Gasteiger partial charge in [-0.25, -0.2) is 0 Å². The Kier molecular flexibility index (Phi) is 5.37. The number of rotatable bonds is 5. The van der Waals surface area contributed by atoms with Gasteiger partial charge in [-0.05, 0) is 43.9 Å². The second kappa shape index (κ2) is 7.26. The van der Waals surface area contributed by atoms with Gasteiger partial charge in [0.15, 0.2) is 0 Å². The smallest absolute Gasteiger partial charge is 0.224 e. The molecule has 0 heterocycles. The van der Waals surface area contributed by atoms with Crippen LogP contribution in [0.2, 0.25) is 0 Å². The lowest BCUT2D eigenvalue weighted by atomic mass is 10.0. The van der Waals surface area contributed by atoms with Crippen LogP contribution < -0.4 is 5.32 Å². The van der Waals surface area contributed by atoms with Crippen molar-refractivity contribution in [1.82, 2.24) is 5.32 Å². The molecule has 0 saturated heterocycles. The predicted molar refractivity (Wildman–Crippen MR) is 92.0 cm³/mol. The average molecular weight is 295 g/mol. The summed E-state index contributed by atoms with van der Waals surface area (Å²) in [5.41, 5.74) is 5.91. The Morgan fingerprint density at radius 1 is 1.00 bits per heavy atom. The van der Waals surface area contributed by atoms with Gasteiger partial charge in [0.25, 0.3) is 0 Å². The third-order valence-electron chi connectivity index (χ3n) is 4.07. The molecule has 1 atom stereocenters. The Labute approximate surface area is 133 Å². The highest BCUT2D eigenvalue weighted by molar-refractivity contribution is 5.79. The fourth-order valence-electron chi connectivity index (χ4n) is 2.68. The van der Waals surface area contributed by atoms with Gasteiger partial charge in [-0.15, -0.1) is 0 Å². The van der Waals surface area contributed by atoms with Gasteiger partial charge < -0.3 is 5.32 Å². The molecule has 0 bridgehead atoms. The first-order valence-electron chi connectivity index (χ1n) is 7.91. The first-order chi connectivity index (χ1) is 10.5. The van der Waals surface area contributed by atoms with Gasteiger partial charge in [-0.2, -0.15) is 0 Å². The van der Waals surface area contributed by atoms with Crippen molar-refractivity contribution in [3.8, 4) is 0 Å². The van der Waals surface area contributed by atoms with Crippen molar-refractivity contribution in [2.24, 2.45) is 0 Å². The Morgan fingerprint density at radius 2 is 1.64 bits per heavy atom. The topological polar surface area (TPSA) is 29.1 Å². The number of nitrogens with one attached hydrogen (secondary N) is 1. The quantitative estimate of drug-likeness (QED) is 0.869. The molecule has 1 N–H and O–H groups in total. The molecule has 0 spiro atoms. The first-order valence-corrected chi connectivity index (χ1v) is 7.91. The Balaban J connectivity index is 2.04. The normalized spacial score (nSPS) is 12.0. The summed E-state index contributed by atoms with van der Waals surface area (Å²) in [5.74, 6) is 0.0828. The van der Waals surface area contributed by atoms with E-state index in [1.54, 1.807) is 0 Å². The maximum Gasteiger partial charge on any atom is 0.224 e. The van der Waals surface area contributed by atoms with Crippen LogP contribution in [0.25, 0.3) is 0 Å². The molecule has 0 aliphatic carbocycles. The van der Waals surface area contributed by atoms with Gasteiger partial charge in [0.2, 0.25) is 5.91 Å². The van der Waals surface area contributed by atoms with Crippen molar-refractivity contribution >= 4 is 5.91 Å². The van der Waals surface area contributed by atoms with Gasteiger partial charge in [0.05, 0.1) is 12.5 Å². The van der Waals surface area contributed by atoms with Crippen LogP contribution in [-0.2, 0) is 11.2 Å². The maximum absolute atomic E-state index is 12.3. The van der Waals surface area contributed by atoms with Gasteiger partial charge in [0.1, 0.15) is 0 Å². The SMILES string of the molecule is CC[C@@H](NC(=O)Cc1ccc(C)cc1C)c1ccc(C)cc1. The van der Waals surface area contributed by atoms with Crippen LogP contribution in [0.4, 0.5) is 0 Å². The number of amides is 1. The van der Waals surface area contributed by atoms with Crippen molar-refractivity contribution in [2.45, 2.75) is 46.6 Å². The largest absolute Gasteiger partial charge is 0.349 e. The molecular weight excluding hydrogens is 270 g/mol. The lowest BCUT2D eigenvalue weighted by Gasteiger charge is -2.18. The van der Waals surface area contributed by atoms with Crippen LogP contribution in [0.1, 0.15) is 47.2 Å². The predicted octanol–water partition coefficient (Wildman–Crippen LogP) is 4.42. The van der Waals surface area contributed by atoms with E-state index in [0.29, 0.717) is 6.42 Å². The molecule has 0 aliphatic rings. The number of hydrogen-bond acceptors (Lipinski definition) is 1. The minimum absolute atomic E-state index is 0.0823. The van der Waals surface area contributed by atoms with Crippen molar-refractivity contribution < 1.29 is 4.79 Å². The van der Waals surface area contributed by atoms with E-state index in [1.807, 2.05) is 0 Å². The summed E-state index contributed by atoms with van der Waals surface area (Å²) in [6.45, 7) is 8.31. The van der Waals surface area contributed by atoms with Gasteiger partial charge in [-0.1, -0.05) is 60.5 Å². The monoisotopic (exact) mass is 295 g/mol. The Bertz CT molecular complexity index is 643. The molecule has 0 radical (unpaired) electrons. The lowest BCUT2D eigenvalue weighted by Crippen LogP contribution is -2.29. The molecule has 116 valence electrons. The van der Waals surface area contributed by atoms with Crippen molar-refractivity contribution in [3.63, 3.8) is 0 Å². The van der Waals surface area contributed by atoms with Crippen LogP contribution in [-0.4, -0.2) is 5.91 Å². The summed E-state index contributed by atoms with van der Waals surface area (Å²) >= 11 is 0. The van der Waals surface area contributed by atoms with E-state index in [9.17, 15) is 4.79 Å². The summed E-state index contributed by atoms with van der Waals surface area (Å²) in [6.07, 6.45) is 1.33. The third kappa shape index (κ3) is 4.20. The minimum atomic E-state index is 0.0823. The fraction of sp³-hybridized carbons (Fsp3) is 0.350. The van der Waals surface area contributed by atoms with E-state index in [4.69, 9.17) is 0 Å². The van der Waals surface area contributed by atoms with Gasteiger partial charge >= 0.3 is 0 Å². The van der Waals surface area contributed by atoms with Gasteiger partial charge in [-0.3, -0.25) is 4.79 Å². The second-order valence-corrected chi connectivity index (χ2v) is 6.05. The van der Waals surface area contributed by atoms with E-state index in [0.717, 1.165) is 12.0 Å². The minimum Gasteiger partial charge on any atom is -0.349 e. The summed E-state index contributed by atoms with van der Waals surface area (Å²) in [4.78, 5) is 12.3. The van der Waals surface area contributed by atoms with E-state index >= 15 is 0 Å². The van der Waals surface area contributed by atoms with Gasteiger partial charge in [0, 0.05) is 0 Å². The van der Waals surface area contributed by atoms with E-state index in [1.165, 1.54) is 22.3 Å². The molecule has 2 aromatic carbocycles. The molecule has 0 unspecified atom stereocenters. The molecule has 22 heavy (non-hydrogen) atoms. The van der Waals surface area contributed by atoms with E-state index in [-0.39, 0.29) is 11.9 Å². The molecule has 0 aliphatic heterocycles. The van der Waals surface area contributed by atoms with Crippen LogP contribution in [0.15, 0.2) is 42.5 Å². The zero-order chi connectivity index (χ0) is 16.1. The summed E-state index contributed by atoms with van der Waals surface area (Å²) < 4.78 is 0. The zero-order valence-corrected chi connectivity index (χ0v) is 13.9. The summed E-state index contributed by atoms with van der Waals surface area (Å²) in [6, 6.07) is 14.7. The fourth-order valence-corrected chi connectivity index (χ4v) is 2.68. The van der Waals surface area contributed by atoms with E-state index in [2.05, 4.69) is 75.5 Å². The molecule has 1 amide bonds. The summed E-state index contributed by atoms with van der Waals surface area (Å²) in [5, 5.41) is 3.15. The number of benzene rings is 2. The number of aryl methyl sites for hydroxylation is 3. The molecule has 2 rings (SSSR count). The van der Waals surface area contributed by atoms with Crippen LogP contribution in [0.3, 0.4) is 0 Å². The molecule has 2 heteroatoms. The highest BCUT2D eigenvalue weighted by Gasteiger charge is 2.13. The molecule has 2 aromatic rings. The molecule has 0 aromatic heterocycles. The standard InChI is InChI=1S/C20H25NO/c1-5-19(17-9-6-14(2)7-10-17)21-20(22)13-18-11-8-15(3)12-16(18)4/h6-12,19H,5,13H2,1-4H3,(H,21,22)/t19-/m1/s1. The first kappa shape index (κ1) is 16.3. The highest BCUT2D eigenvalue weighted by atomic mass is 16.1. The average Bonchev–Trinajstić information content (AvgIpc) is 2.49. The Morgan fingerprint density at radius 3 is 2.23 bits per heavy atom. The molecule has 2 nitrogen and oxygen atoms in total. The molecule has 0 saturated carbocycles. The number of carbonyl (C=O) groups excluding carboxylic acids is 1. The third-order valence-corrected chi connectivity index (χ3v) is 4.07. The van der Waals surface area contributed by atoms with Crippen LogP contribution in [0, 0.1) is 20.8 Å². The molecular formula is C20H25NO. The van der Waals surface area contributed by atoms with Crippen LogP contribution >= 0.6 is 0 Å². The van der Waals surface area contributed by atoms with Crippen molar-refractivity contribution in [2.75, 3.05) is 0 Å². The maximum atomic E-state index is 12.3. The van der Waals surface area contributed by atoms with E-state index < -0.39 is 0 Å². The highest BCUT2D eigenvalue weighted by Crippen LogP contribution is 2.18. The van der Waals surface area contributed by atoms with Crippen LogP contribution in [0.5, 0.6) is 0 Å². The zero-order valence-electron chi connectivity index (χ0n) is 13.9. The number of hydrogen-bond donors (Lipinski definition) is 1. The van der Waals surface area contributed by atoms with Crippen molar-refractivity contribution in [3.05, 3.63) is 70.3 Å². The lowest BCUT2D eigenvalue weighted by molar-refractivity contribution is -0.121. The molecule has 0 fully saturated rings. The number of carbonyl (C=O) groups is 1.